The molecule has 5 nitrogen and oxygen atoms in total. The van der Waals surface area contributed by atoms with Gasteiger partial charge in [-0.2, -0.15) is 0 Å². The van der Waals surface area contributed by atoms with Crippen LogP contribution in [0.15, 0.2) is 24.3 Å². The summed E-state index contributed by atoms with van der Waals surface area (Å²) in [7, 11) is 0. The fraction of sp³-hybridized carbons (Fsp3) is 0.632. The lowest BCUT2D eigenvalue weighted by atomic mass is 10.0. The zero-order valence-corrected chi connectivity index (χ0v) is 14.4. The van der Waals surface area contributed by atoms with Gasteiger partial charge in [0.15, 0.2) is 0 Å². The van der Waals surface area contributed by atoms with E-state index in [2.05, 4.69) is 28.4 Å². The normalized spacial score (nSPS) is 22.4. The number of amides is 2. The molecule has 0 aliphatic carbocycles. The zero-order chi connectivity index (χ0) is 16.8. The number of likely N-dealkylation sites (tertiary alicyclic amines) is 2. The Bertz CT molecular complexity index is 543. The lowest BCUT2D eigenvalue weighted by Crippen LogP contribution is -2.46. The Morgan fingerprint density at radius 2 is 1.83 bits per heavy atom. The molecule has 0 radical (unpaired) electrons. The van der Waals surface area contributed by atoms with Crippen molar-refractivity contribution in [1.82, 2.24) is 15.1 Å². The van der Waals surface area contributed by atoms with Crippen LogP contribution in [0, 0.1) is 0 Å². The minimum absolute atomic E-state index is 0.0680. The van der Waals surface area contributed by atoms with Gasteiger partial charge in [-0.1, -0.05) is 30.7 Å². The minimum atomic E-state index is -0.379. The summed E-state index contributed by atoms with van der Waals surface area (Å²) in [5.41, 5.74) is 2.49. The van der Waals surface area contributed by atoms with Crippen molar-refractivity contribution in [2.45, 2.75) is 51.3 Å². The van der Waals surface area contributed by atoms with Gasteiger partial charge in [0.05, 0.1) is 6.10 Å². The summed E-state index contributed by atoms with van der Waals surface area (Å²) in [4.78, 5) is 16.5. The largest absolute Gasteiger partial charge is 0.391 e. The van der Waals surface area contributed by atoms with Crippen LogP contribution in [0.2, 0.25) is 0 Å². The second-order valence-corrected chi connectivity index (χ2v) is 7.01. The number of urea groups is 1. The SMILES string of the molecule is O=C(NCc1ccccc1CN1CCCCC1)N1CCCC(O)C1. The Hall–Kier alpha value is -1.59. The number of aliphatic hydroxyl groups is 1. The van der Waals surface area contributed by atoms with Gasteiger partial charge in [-0.25, -0.2) is 4.79 Å². The number of β-amino-alcohol motifs (C(OH)–C–C–N with tert-alkyl or cyclic N) is 1. The first-order valence-corrected chi connectivity index (χ1v) is 9.22. The van der Waals surface area contributed by atoms with Crippen LogP contribution >= 0.6 is 0 Å². The maximum Gasteiger partial charge on any atom is 0.317 e. The van der Waals surface area contributed by atoms with Gasteiger partial charge in [0.25, 0.3) is 0 Å². The van der Waals surface area contributed by atoms with E-state index < -0.39 is 0 Å². The highest BCUT2D eigenvalue weighted by Crippen LogP contribution is 2.16. The van der Waals surface area contributed by atoms with Gasteiger partial charge in [0.1, 0.15) is 0 Å². The highest BCUT2D eigenvalue weighted by molar-refractivity contribution is 5.74. The fourth-order valence-corrected chi connectivity index (χ4v) is 3.66. The molecule has 1 unspecified atom stereocenters. The van der Waals surface area contributed by atoms with E-state index >= 15 is 0 Å². The molecule has 2 fully saturated rings. The highest BCUT2D eigenvalue weighted by Gasteiger charge is 2.22. The summed E-state index contributed by atoms with van der Waals surface area (Å²) in [5.74, 6) is 0. The number of rotatable bonds is 4. The third-order valence-corrected chi connectivity index (χ3v) is 5.07. The number of hydrogen-bond donors (Lipinski definition) is 2. The topological polar surface area (TPSA) is 55.8 Å². The van der Waals surface area contributed by atoms with Crippen molar-refractivity contribution in [2.24, 2.45) is 0 Å². The second kappa shape index (κ2) is 8.49. The molecule has 2 heterocycles. The van der Waals surface area contributed by atoms with E-state index in [1.165, 1.54) is 43.5 Å². The Labute approximate surface area is 144 Å². The second-order valence-electron chi connectivity index (χ2n) is 7.01. The number of benzene rings is 1. The van der Waals surface area contributed by atoms with Gasteiger partial charge in [0, 0.05) is 26.2 Å². The third-order valence-electron chi connectivity index (χ3n) is 5.07. The van der Waals surface area contributed by atoms with Crippen LogP contribution in [0.1, 0.15) is 43.2 Å². The fourth-order valence-electron chi connectivity index (χ4n) is 3.66. The Balaban J connectivity index is 1.55. The van der Waals surface area contributed by atoms with Gasteiger partial charge in [-0.05, 0) is 49.9 Å². The first-order valence-electron chi connectivity index (χ1n) is 9.22. The number of piperidine rings is 2. The third kappa shape index (κ3) is 4.71. The van der Waals surface area contributed by atoms with E-state index in [1.54, 1.807) is 4.90 Å². The van der Waals surface area contributed by atoms with E-state index in [9.17, 15) is 9.90 Å². The molecule has 132 valence electrons. The summed E-state index contributed by atoms with van der Waals surface area (Å²) in [6.07, 6.45) is 5.21. The maximum atomic E-state index is 12.3. The first-order chi connectivity index (χ1) is 11.7. The molecule has 0 spiro atoms. The van der Waals surface area contributed by atoms with Crippen LogP contribution in [-0.4, -0.2) is 53.2 Å². The highest BCUT2D eigenvalue weighted by atomic mass is 16.3. The first kappa shape index (κ1) is 17.2. The molecule has 2 aliphatic heterocycles. The smallest absolute Gasteiger partial charge is 0.317 e. The summed E-state index contributed by atoms with van der Waals surface area (Å²) < 4.78 is 0. The van der Waals surface area contributed by atoms with Crippen molar-refractivity contribution in [2.75, 3.05) is 26.2 Å². The van der Waals surface area contributed by atoms with E-state index in [0.29, 0.717) is 13.1 Å². The summed E-state index contributed by atoms with van der Waals surface area (Å²) in [6.45, 7) is 5.04. The van der Waals surface area contributed by atoms with Gasteiger partial charge in [0.2, 0.25) is 0 Å². The molecular formula is C19H29N3O2. The lowest BCUT2D eigenvalue weighted by Gasteiger charge is -2.30. The average molecular weight is 331 g/mol. The predicted molar refractivity (Wildman–Crippen MR) is 94.6 cm³/mol. The van der Waals surface area contributed by atoms with Crippen molar-refractivity contribution < 1.29 is 9.90 Å². The number of nitrogens with zero attached hydrogens (tertiary/aromatic N) is 2. The number of aliphatic hydroxyl groups excluding tert-OH is 1. The molecular weight excluding hydrogens is 302 g/mol. The standard InChI is InChI=1S/C19H29N3O2/c23-18-9-6-12-22(15-18)19(24)20-13-16-7-2-3-8-17(16)14-21-10-4-1-5-11-21/h2-3,7-8,18,23H,1,4-6,9-15H2,(H,20,24). The van der Waals surface area contributed by atoms with Gasteiger partial charge in [-0.15, -0.1) is 0 Å². The molecule has 2 aliphatic rings. The quantitative estimate of drug-likeness (QED) is 0.890. The Kier molecular flexibility index (Phi) is 6.10. The molecule has 5 heteroatoms. The minimum Gasteiger partial charge on any atom is -0.391 e. The Morgan fingerprint density at radius 1 is 1.08 bits per heavy atom. The van der Waals surface area contributed by atoms with Crippen molar-refractivity contribution in [3.63, 3.8) is 0 Å². The summed E-state index contributed by atoms with van der Waals surface area (Å²) in [6, 6.07) is 8.31. The molecule has 1 aromatic carbocycles. The van der Waals surface area contributed by atoms with Crippen molar-refractivity contribution in [3.05, 3.63) is 35.4 Å². The van der Waals surface area contributed by atoms with Crippen molar-refractivity contribution in [3.8, 4) is 0 Å². The van der Waals surface area contributed by atoms with E-state index in [4.69, 9.17) is 0 Å². The summed E-state index contributed by atoms with van der Waals surface area (Å²) >= 11 is 0. The van der Waals surface area contributed by atoms with E-state index in [-0.39, 0.29) is 12.1 Å². The van der Waals surface area contributed by atoms with E-state index in [0.717, 1.165) is 25.9 Å². The molecule has 0 aromatic heterocycles. The molecule has 2 N–H and O–H groups in total. The van der Waals surface area contributed by atoms with Gasteiger partial charge < -0.3 is 15.3 Å². The molecule has 0 bridgehead atoms. The van der Waals surface area contributed by atoms with Gasteiger partial charge >= 0.3 is 6.03 Å². The van der Waals surface area contributed by atoms with Gasteiger partial charge in [-0.3, -0.25) is 4.90 Å². The lowest BCUT2D eigenvalue weighted by molar-refractivity contribution is 0.0841. The number of nitrogens with one attached hydrogen (secondary N) is 1. The molecule has 2 amide bonds. The molecule has 3 rings (SSSR count). The number of hydrogen-bond acceptors (Lipinski definition) is 3. The average Bonchev–Trinajstić information content (AvgIpc) is 2.61. The predicted octanol–water partition coefficient (Wildman–Crippen LogP) is 2.34. The molecule has 24 heavy (non-hydrogen) atoms. The molecule has 1 aromatic rings. The molecule has 1 atom stereocenters. The molecule has 2 saturated heterocycles. The van der Waals surface area contributed by atoms with Crippen LogP contribution in [0.25, 0.3) is 0 Å². The van der Waals surface area contributed by atoms with Crippen molar-refractivity contribution >= 4 is 6.03 Å². The van der Waals surface area contributed by atoms with Crippen molar-refractivity contribution in [1.29, 1.82) is 0 Å². The monoisotopic (exact) mass is 331 g/mol. The van der Waals surface area contributed by atoms with E-state index in [1.807, 2.05) is 6.07 Å². The van der Waals surface area contributed by atoms with Crippen LogP contribution in [-0.2, 0) is 13.1 Å². The maximum absolute atomic E-state index is 12.3. The molecule has 0 saturated carbocycles. The zero-order valence-electron chi connectivity index (χ0n) is 14.4. The Morgan fingerprint density at radius 3 is 2.58 bits per heavy atom. The number of carbonyl (C=O) groups excluding carboxylic acids is 1. The van der Waals surface area contributed by atoms with Crippen LogP contribution < -0.4 is 5.32 Å². The van der Waals surface area contributed by atoms with Crippen LogP contribution in [0.5, 0.6) is 0 Å². The summed E-state index contributed by atoms with van der Waals surface area (Å²) in [5, 5.41) is 12.7. The number of carbonyl (C=O) groups is 1. The van der Waals surface area contributed by atoms with Crippen LogP contribution in [0.4, 0.5) is 4.79 Å². The van der Waals surface area contributed by atoms with Crippen LogP contribution in [0.3, 0.4) is 0 Å².